The first-order chi connectivity index (χ1) is 8.02. The van der Waals surface area contributed by atoms with Crippen LogP contribution >= 0.6 is 0 Å². The van der Waals surface area contributed by atoms with Gasteiger partial charge in [0.15, 0.2) is 11.5 Å². The van der Waals surface area contributed by atoms with Gasteiger partial charge in [0.05, 0.1) is 7.11 Å². The van der Waals surface area contributed by atoms with Crippen LogP contribution in [-0.2, 0) is 20.9 Å². The zero-order valence-electron chi connectivity index (χ0n) is 9.98. The third-order valence-corrected chi connectivity index (χ3v) is 1.92. The number of carbonyl (C=O) groups is 2. The van der Waals surface area contributed by atoms with E-state index in [1.54, 1.807) is 18.2 Å². The molecule has 0 aliphatic rings. The Kier molecular flexibility index (Phi) is 4.51. The van der Waals surface area contributed by atoms with Crippen LogP contribution < -0.4 is 9.47 Å². The smallest absolute Gasteiger partial charge is 0.308 e. The van der Waals surface area contributed by atoms with Gasteiger partial charge in [-0.05, 0) is 17.7 Å². The van der Waals surface area contributed by atoms with Gasteiger partial charge in [0, 0.05) is 13.8 Å². The SMILES string of the molecule is COc1ccc(COC(C)=O)cc1OC(C)=O. The van der Waals surface area contributed by atoms with Crippen molar-refractivity contribution < 1.29 is 23.8 Å². The maximum Gasteiger partial charge on any atom is 0.308 e. The molecule has 0 heterocycles. The molecule has 0 amide bonds. The van der Waals surface area contributed by atoms with Crippen LogP contribution in [0, 0.1) is 0 Å². The molecule has 0 unspecified atom stereocenters. The molecule has 0 saturated carbocycles. The standard InChI is InChI=1S/C12H14O5/c1-8(13)16-7-10-4-5-11(15-3)12(6-10)17-9(2)14/h4-6H,7H2,1-3H3. The van der Waals surface area contributed by atoms with Crippen molar-refractivity contribution in [3.8, 4) is 11.5 Å². The molecule has 1 rings (SSSR count). The first kappa shape index (κ1) is 13.0. The number of hydrogen-bond donors (Lipinski definition) is 0. The highest BCUT2D eigenvalue weighted by Crippen LogP contribution is 2.28. The lowest BCUT2D eigenvalue weighted by Crippen LogP contribution is -2.04. The van der Waals surface area contributed by atoms with E-state index in [0.29, 0.717) is 11.5 Å². The van der Waals surface area contributed by atoms with Crippen molar-refractivity contribution in [3.05, 3.63) is 23.8 Å². The Morgan fingerprint density at radius 3 is 2.35 bits per heavy atom. The summed E-state index contributed by atoms with van der Waals surface area (Å²) < 4.78 is 14.9. The quantitative estimate of drug-likeness (QED) is 0.590. The average molecular weight is 238 g/mol. The molecular weight excluding hydrogens is 224 g/mol. The maximum absolute atomic E-state index is 10.9. The Morgan fingerprint density at radius 1 is 1.12 bits per heavy atom. The fourth-order valence-electron chi connectivity index (χ4n) is 1.23. The van der Waals surface area contributed by atoms with E-state index in [1.807, 2.05) is 0 Å². The summed E-state index contributed by atoms with van der Waals surface area (Å²) in [4.78, 5) is 21.6. The molecule has 5 heteroatoms. The summed E-state index contributed by atoms with van der Waals surface area (Å²) in [5.74, 6) is -0.0424. The number of rotatable bonds is 4. The molecule has 0 spiro atoms. The fraction of sp³-hybridized carbons (Fsp3) is 0.333. The van der Waals surface area contributed by atoms with Crippen molar-refractivity contribution in [3.63, 3.8) is 0 Å². The van der Waals surface area contributed by atoms with Gasteiger partial charge in [-0.25, -0.2) is 0 Å². The largest absolute Gasteiger partial charge is 0.493 e. The van der Waals surface area contributed by atoms with Gasteiger partial charge >= 0.3 is 11.9 Å². The molecule has 0 bridgehead atoms. The van der Waals surface area contributed by atoms with E-state index in [2.05, 4.69) is 0 Å². The number of esters is 2. The van der Waals surface area contributed by atoms with Gasteiger partial charge in [-0.2, -0.15) is 0 Å². The van der Waals surface area contributed by atoms with E-state index < -0.39 is 5.97 Å². The van der Waals surface area contributed by atoms with Crippen LogP contribution in [0.1, 0.15) is 19.4 Å². The van der Waals surface area contributed by atoms with Crippen LogP contribution in [0.3, 0.4) is 0 Å². The van der Waals surface area contributed by atoms with Gasteiger partial charge in [-0.15, -0.1) is 0 Å². The van der Waals surface area contributed by atoms with E-state index >= 15 is 0 Å². The molecule has 0 radical (unpaired) electrons. The number of benzene rings is 1. The second kappa shape index (κ2) is 5.89. The first-order valence-electron chi connectivity index (χ1n) is 5.01. The second-order valence-electron chi connectivity index (χ2n) is 3.36. The van der Waals surface area contributed by atoms with Gasteiger partial charge < -0.3 is 14.2 Å². The highest BCUT2D eigenvalue weighted by atomic mass is 16.6. The predicted octanol–water partition coefficient (Wildman–Crippen LogP) is 1.68. The summed E-state index contributed by atoms with van der Waals surface area (Å²) in [6.07, 6.45) is 0. The summed E-state index contributed by atoms with van der Waals surface area (Å²) in [7, 11) is 1.48. The van der Waals surface area contributed by atoms with Gasteiger partial charge in [0.1, 0.15) is 6.61 Å². The zero-order valence-corrected chi connectivity index (χ0v) is 9.98. The van der Waals surface area contributed by atoms with Crippen LogP contribution in [0.25, 0.3) is 0 Å². The Bertz CT molecular complexity index is 425. The van der Waals surface area contributed by atoms with Crippen molar-refractivity contribution in [1.82, 2.24) is 0 Å². The van der Waals surface area contributed by atoms with Gasteiger partial charge in [-0.3, -0.25) is 9.59 Å². The molecule has 17 heavy (non-hydrogen) atoms. The number of methoxy groups -OCH3 is 1. The first-order valence-corrected chi connectivity index (χ1v) is 5.01. The summed E-state index contributed by atoms with van der Waals surface area (Å²) >= 11 is 0. The van der Waals surface area contributed by atoms with Gasteiger partial charge in [0.25, 0.3) is 0 Å². The second-order valence-corrected chi connectivity index (χ2v) is 3.36. The molecule has 92 valence electrons. The Hall–Kier alpha value is -2.04. The third-order valence-electron chi connectivity index (χ3n) is 1.92. The predicted molar refractivity (Wildman–Crippen MR) is 59.8 cm³/mol. The lowest BCUT2D eigenvalue weighted by atomic mass is 10.2. The molecule has 0 fully saturated rings. The Morgan fingerprint density at radius 2 is 1.82 bits per heavy atom. The summed E-state index contributed by atoms with van der Waals surface area (Å²) in [5.41, 5.74) is 0.720. The normalized spacial score (nSPS) is 9.59. The minimum absolute atomic E-state index is 0.133. The topological polar surface area (TPSA) is 61.8 Å². The van der Waals surface area contributed by atoms with Crippen molar-refractivity contribution in [1.29, 1.82) is 0 Å². The minimum atomic E-state index is -0.437. The highest BCUT2D eigenvalue weighted by molar-refractivity contribution is 5.70. The molecule has 0 aliphatic heterocycles. The highest BCUT2D eigenvalue weighted by Gasteiger charge is 2.08. The molecule has 1 aromatic rings. The Balaban J connectivity index is 2.87. The van der Waals surface area contributed by atoms with Crippen LogP contribution in [0.4, 0.5) is 0 Å². The van der Waals surface area contributed by atoms with Crippen LogP contribution in [0.5, 0.6) is 11.5 Å². The third kappa shape index (κ3) is 4.14. The van der Waals surface area contributed by atoms with Crippen LogP contribution in [0.15, 0.2) is 18.2 Å². The number of carbonyl (C=O) groups excluding carboxylic acids is 2. The fourth-order valence-corrected chi connectivity index (χ4v) is 1.23. The monoisotopic (exact) mass is 238 g/mol. The van der Waals surface area contributed by atoms with Gasteiger partial charge in [-0.1, -0.05) is 6.07 Å². The molecule has 0 aliphatic carbocycles. The van der Waals surface area contributed by atoms with E-state index in [1.165, 1.54) is 21.0 Å². The summed E-state index contributed by atoms with van der Waals surface area (Å²) in [6, 6.07) is 4.98. The van der Waals surface area contributed by atoms with Gasteiger partial charge in [0.2, 0.25) is 0 Å². The minimum Gasteiger partial charge on any atom is -0.493 e. The maximum atomic E-state index is 10.9. The van der Waals surface area contributed by atoms with E-state index in [9.17, 15) is 9.59 Å². The molecule has 0 saturated heterocycles. The molecule has 0 aromatic heterocycles. The lowest BCUT2D eigenvalue weighted by Gasteiger charge is -2.10. The summed E-state index contributed by atoms with van der Waals surface area (Å²) in [5, 5.41) is 0. The van der Waals surface area contributed by atoms with E-state index in [0.717, 1.165) is 5.56 Å². The molecular formula is C12H14O5. The molecule has 1 aromatic carbocycles. The van der Waals surface area contributed by atoms with Crippen molar-refractivity contribution in [2.24, 2.45) is 0 Å². The molecule has 5 nitrogen and oxygen atoms in total. The van der Waals surface area contributed by atoms with Crippen LogP contribution in [0.2, 0.25) is 0 Å². The average Bonchev–Trinajstić information content (AvgIpc) is 2.25. The summed E-state index contributed by atoms with van der Waals surface area (Å²) in [6.45, 7) is 2.77. The molecule has 0 N–H and O–H groups in total. The molecule has 0 atom stereocenters. The number of ether oxygens (including phenoxy) is 3. The Labute approximate surface area is 99.3 Å². The van der Waals surface area contributed by atoms with E-state index in [4.69, 9.17) is 14.2 Å². The van der Waals surface area contributed by atoms with Crippen molar-refractivity contribution >= 4 is 11.9 Å². The van der Waals surface area contributed by atoms with Crippen molar-refractivity contribution in [2.75, 3.05) is 7.11 Å². The van der Waals surface area contributed by atoms with Crippen molar-refractivity contribution in [2.45, 2.75) is 20.5 Å². The number of hydrogen-bond acceptors (Lipinski definition) is 5. The lowest BCUT2D eigenvalue weighted by molar-refractivity contribution is -0.142. The zero-order chi connectivity index (χ0) is 12.8. The van der Waals surface area contributed by atoms with Crippen LogP contribution in [-0.4, -0.2) is 19.0 Å². The van der Waals surface area contributed by atoms with E-state index in [-0.39, 0.29) is 12.6 Å².